The predicted octanol–water partition coefficient (Wildman–Crippen LogP) is 4.11. The Morgan fingerprint density at radius 1 is 0.857 bits per heavy atom. The van der Waals surface area contributed by atoms with Crippen LogP contribution in [-0.4, -0.2) is 10.2 Å². The van der Waals surface area contributed by atoms with Crippen LogP contribution in [0.2, 0.25) is 0 Å². The third-order valence-corrected chi connectivity index (χ3v) is 3.36. The standard InChI is InChI=1S/C18H22O3/c1-18(2,3)17-10-16(20)9-6-14(17)12-21-11-13-4-7-15(19)8-5-13/h4-10,19-20H,11-12H2,1-3H3. The monoisotopic (exact) mass is 286 g/mol. The molecule has 0 atom stereocenters. The summed E-state index contributed by atoms with van der Waals surface area (Å²) in [7, 11) is 0. The van der Waals surface area contributed by atoms with E-state index < -0.39 is 0 Å². The van der Waals surface area contributed by atoms with Gasteiger partial charge < -0.3 is 14.9 Å². The Balaban J connectivity index is 2.05. The first-order valence-electron chi connectivity index (χ1n) is 7.04. The quantitative estimate of drug-likeness (QED) is 0.889. The molecule has 0 radical (unpaired) electrons. The lowest BCUT2D eigenvalue weighted by atomic mass is 9.84. The lowest BCUT2D eigenvalue weighted by Crippen LogP contribution is -2.14. The molecule has 2 aromatic carbocycles. The summed E-state index contributed by atoms with van der Waals surface area (Å²) in [5, 5.41) is 18.9. The highest BCUT2D eigenvalue weighted by Crippen LogP contribution is 2.29. The van der Waals surface area contributed by atoms with Crippen LogP contribution in [0.4, 0.5) is 0 Å². The summed E-state index contributed by atoms with van der Waals surface area (Å²) in [6, 6.07) is 12.4. The van der Waals surface area contributed by atoms with Crippen molar-refractivity contribution in [3.8, 4) is 11.5 Å². The fourth-order valence-corrected chi connectivity index (χ4v) is 2.26. The molecule has 0 heterocycles. The summed E-state index contributed by atoms with van der Waals surface area (Å²) in [5.74, 6) is 0.537. The van der Waals surface area contributed by atoms with Gasteiger partial charge in [0.15, 0.2) is 0 Å². The van der Waals surface area contributed by atoms with Crippen LogP contribution in [0.3, 0.4) is 0 Å². The van der Waals surface area contributed by atoms with Gasteiger partial charge in [-0.15, -0.1) is 0 Å². The number of hydrogen-bond donors (Lipinski definition) is 2. The fourth-order valence-electron chi connectivity index (χ4n) is 2.26. The second-order valence-corrected chi connectivity index (χ2v) is 6.25. The minimum Gasteiger partial charge on any atom is -0.508 e. The number of phenols is 2. The lowest BCUT2D eigenvalue weighted by Gasteiger charge is -2.23. The van der Waals surface area contributed by atoms with Gasteiger partial charge in [-0.2, -0.15) is 0 Å². The summed E-state index contributed by atoms with van der Waals surface area (Å²) in [4.78, 5) is 0. The molecule has 3 heteroatoms. The van der Waals surface area contributed by atoms with E-state index in [-0.39, 0.29) is 16.9 Å². The van der Waals surface area contributed by atoms with E-state index >= 15 is 0 Å². The Kier molecular flexibility index (Phi) is 4.53. The van der Waals surface area contributed by atoms with Crippen molar-refractivity contribution in [3.05, 3.63) is 59.2 Å². The van der Waals surface area contributed by atoms with E-state index in [1.807, 2.05) is 18.2 Å². The van der Waals surface area contributed by atoms with Gasteiger partial charge in [0.1, 0.15) is 11.5 Å². The van der Waals surface area contributed by atoms with Gasteiger partial charge in [0, 0.05) is 0 Å². The van der Waals surface area contributed by atoms with Crippen LogP contribution in [0.5, 0.6) is 11.5 Å². The molecule has 0 unspecified atom stereocenters. The molecule has 0 aliphatic rings. The number of aromatic hydroxyl groups is 2. The van der Waals surface area contributed by atoms with E-state index in [1.54, 1.807) is 24.3 Å². The molecule has 2 N–H and O–H groups in total. The van der Waals surface area contributed by atoms with Crippen molar-refractivity contribution in [1.82, 2.24) is 0 Å². The van der Waals surface area contributed by atoms with E-state index in [1.165, 1.54) is 0 Å². The topological polar surface area (TPSA) is 49.7 Å². The Morgan fingerprint density at radius 3 is 2.10 bits per heavy atom. The van der Waals surface area contributed by atoms with Crippen LogP contribution in [0.1, 0.15) is 37.5 Å². The van der Waals surface area contributed by atoms with Crippen molar-refractivity contribution in [1.29, 1.82) is 0 Å². The number of ether oxygens (including phenoxy) is 1. The fraction of sp³-hybridized carbons (Fsp3) is 0.333. The third kappa shape index (κ3) is 4.23. The number of benzene rings is 2. The maximum atomic E-state index is 9.67. The molecular weight excluding hydrogens is 264 g/mol. The zero-order chi connectivity index (χ0) is 15.5. The van der Waals surface area contributed by atoms with E-state index in [0.29, 0.717) is 13.2 Å². The average Bonchev–Trinajstić information content (AvgIpc) is 2.41. The molecule has 112 valence electrons. The molecule has 0 aliphatic heterocycles. The second kappa shape index (κ2) is 6.19. The minimum atomic E-state index is -0.0457. The average molecular weight is 286 g/mol. The van der Waals surface area contributed by atoms with E-state index in [9.17, 15) is 10.2 Å². The van der Waals surface area contributed by atoms with Crippen molar-refractivity contribution < 1.29 is 14.9 Å². The predicted molar refractivity (Wildman–Crippen MR) is 83.4 cm³/mol. The summed E-state index contributed by atoms with van der Waals surface area (Å²) < 4.78 is 5.76. The van der Waals surface area contributed by atoms with Crippen LogP contribution in [0.15, 0.2) is 42.5 Å². The molecule has 0 spiro atoms. The van der Waals surface area contributed by atoms with Gasteiger partial charge in [-0.3, -0.25) is 0 Å². The van der Waals surface area contributed by atoms with E-state index in [4.69, 9.17) is 4.74 Å². The summed E-state index contributed by atoms with van der Waals surface area (Å²) in [5.41, 5.74) is 3.15. The first-order chi connectivity index (χ1) is 9.86. The highest BCUT2D eigenvalue weighted by atomic mass is 16.5. The summed E-state index contributed by atoms with van der Waals surface area (Å²) in [6.45, 7) is 7.33. The van der Waals surface area contributed by atoms with Crippen LogP contribution >= 0.6 is 0 Å². The summed E-state index contributed by atoms with van der Waals surface area (Å²) >= 11 is 0. The van der Waals surface area contributed by atoms with Crippen LogP contribution < -0.4 is 0 Å². The molecule has 0 fully saturated rings. The molecule has 0 bridgehead atoms. The Morgan fingerprint density at radius 2 is 1.48 bits per heavy atom. The minimum absolute atomic E-state index is 0.0457. The normalized spacial score (nSPS) is 11.6. The number of hydrogen-bond acceptors (Lipinski definition) is 3. The molecule has 2 aromatic rings. The summed E-state index contributed by atoms with van der Waals surface area (Å²) in [6.07, 6.45) is 0. The van der Waals surface area contributed by atoms with Crippen molar-refractivity contribution in [2.24, 2.45) is 0 Å². The maximum absolute atomic E-state index is 9.67. The van der Waals surface area contributed by atoms with Crippen molar-refractivity contribution in [2.45, 2.75) is 39.4 Å². The van der Waals surface area contributed by atoms with Gasteiger partial charge in [0.05, 0.1) is 13.2 Å². The van der Waals surface area contributed by atoms with Crippen molar-refractivity contribution in [3.63, 3.8) is 0 Å². The van der Waals surface area contributed by atoms with E-state index in [2.05, 4.69) is 20.8 Å². The van der Waals surface area contributed by atoms with Gasteiger partial charge in [-0.05, 0) is 46.4 Å². The molecule has 0 saturated carbocycles. The molecular formula is C18H22O3. The highest BCUT2D eigenvalue weighted by Gasteiger charge is 2.18. The highest BCUT2D eigenvalue weighted by molar-refractivity contribution is 5.38. The lowest BCUT2D eigenvalue weighted by molar-refractivity contribution is 0.106. The molecule has 0 aromatic heterocycles. The molecule has 2 rings (SSSR count). The van der Waals surface area contributed by atoms with Gasteiger partial charge in [-0.1, -0.05) is 39.0 Å². The van der Waals surface area contributed by atoms with Gasteiger partial charge in [-0.25, -0.2) is 0 Å². The van der Waals surface area contributed by atoms with Crippen LogP contribution in [-0.2, 0) is 23.4 Å². The molecule has 0 saturated heterocycles. The van der Waals surface area contributed by atoms with Crippen molar-refractivity contribution in [2.75, 3.05) is 0 Å². The SMILES string of the molecule is CC(C)(C)c1cc(O)ccc1COCc1ccc(O)cc1. The molecule has 3 nitrogen and oxygen atoms in total. The third-order valence-electron chi connectivity index (χ3n) is 3.36. The molecule has 0 aliphatic carbocycles. The molecule has 21 heavy (non-hydrogen) atoms. The van der Waals surface area contributed by atoms with E-state index in [0.717, 1.165) is 16.7 Å². The van der Waals surface area contributed by atoms with Crippen molar-refractivity contribution >= 4 is 0 Å². The first-order valence-corrected chi connectivity index (χ1v) is 7.04. The Hall–Kier alpha value is -2.00. The first kappa shape index (κ1) is 15.4. The van der Waals surface area contributed by atoms with Gasteiger partial charge >= 0.3 is 0 Å². The van der Waals surface area contributed by atoms with Crippen LogP contribution in [0, 0.1) is 0 Å². The number of rotatable bonds is 4. The smallest absolute Gasteiger partial charge is 0.115 e. The largest absolute Gasteiger partial charge is 0.508 e. The Bertz CT molecular complexity index is 595. The second-order valence-electron chi connectivity index (χ2n) is 6.25. The zero-order valence-corrected chi connectivity index (χ0v) is 12.8. The number of phenolic OH excluding ortho intramolecular Hbond substituents is 2. The van der Waals surface area contributed by atoms with Gasteiger partial charge in [0.25, 0.3) is 0 Å². The molecule has 0 amide bonds. The van der Waals surface area contributed by atoms with Crippen LogP contribution in [0.25, 0.3) is 0 Å². The maximum Gasteiger partial charge on any atom is 0.115 e. The Labute approximate surface area is 125 Å². The zero-order valence-electron chi connectivity index (χ0n) is 12.8. The van der Waals surface area contributed by atoms with Gasteiger partial charge in [0.2, 0.25) is 0 Å².